The molecule has 0 fully saturated rings. The quantitative estimate of drug-likeness (QED) is 0.585. The second kappa shape index (κ2) is 8.70. The summed E-state index contributed by atoms with van der Waals surface area (Å²) in [5, 5.41) is 15.1. The summed E-state index contributed by atoms with van der Waals surface area (Å²) in [7, 11) is 1.84. The van der Waals surface area contributed by atoms with Gasteiger partial charge in [0.25, 0.3) is 0 Å². The Kier molecular flexibility index (Phi) is 6.90. The van der Waals surface area contributed by atoms with Crippen LogP contribution in [-0.2, 0) is 7.05 Å². The number of aryl methyl sites for hydroxylation is 1. The first kappa shape index (κ1) is 16.6. The minimum atomic E-state index is 0.0833. The normalized spacial score (nSPS) is 12.8. The summed E-state index contributed by atoms with van der Waals surface area (Å²) in [6.45, 7) is 3.31. The first-order chi connectivity index (χ1) is 10.1. The molecule has 2 heterocycles. The van der Waals surface area contributed by atoms with E-state index >= 15 is 0 Å². The Morgan fingerprint density at radius 2 is 2.29 bits per heavy atom. The number of imidazole rings is 1. The number of rotatable bonds is 1. The Balaban J connectivity index is 0.000000187. The van der Waals surface area contributed by atoms with Crippen LogP contribution >= 0.6 is 0 Å². The van der Waals surface area contributed by atoms with Gasteiger partial charge in [0.1, 0.15) is 5.52 Å². The number of hydrogen-bond acceptors (Lipinski definition) is 5. The van der Waals surface area contributed by atoms with Gasteiger partial charge in [0.2, 0.25) is 0 Å². The van der Waals surface area contributed by atoms with E-state index in [-0.39, 0.29) is 12.1 Å². The lowest BCUT2D eigenvalue weighted by Crippen LogP contribution is -2.10. The first-order valence-corrected chi connectivity index (χ1v) is 6.65. The Hall–Kier alpha value is -2.41. The van der Waals surface area contributed by atoms with E-state index in [2.05, 4.69) is 27.6 Å². The molecule has 0 radical (unpaired) electrons. The molecule has 21 heavy (non-hydrogen) atoms. The number of allylic oxidation sites excluding steroid dienone is 2. The molecule has 0 aromatic carbocycles. The highest BCUT2D eigenvalue weighted by Gasteiger charge is 1.99. The maximum Gasteiger partial charge on any atom is 0.173 e. The fourth-order valence-electron chi connectivity index (χ4n) is 1.69. The summed E-state index contributed by atoms with van der Waals surface area (Å²) in [6, 6.07) is 0. The van der Waals surface area contributed by atoms with Crippen LogP contribution < -0.4 is 11.2 Å². The Labute approximate surface area is 123 Å². The summed E-state index contributed by atoms with van der Waals surface area (Å²) in [4.78, 5) is 10.7. The lowest BCUT2D eigenvalue weighted by molar-refractivity contribution is 0.343. The summed E-state index contributed by atoms with van der Waals surface area (Å²) in [5.74, 6) is 0. The zero-order valence-corrected chi connectivity index (χ0v) is 12.2. The average Bonchev–Trinajstić information content (AvgIpc) is 3.15. The minimum Gasteiger partial charge on any atom is -0.402 e. The number of aromatic amines is 1. The van der Waals surface area contributed by atoms with Gasteiger partial charge in [-0.05, 0) is 19.3 Å². The van der Waals surface area contributed by atoms with Gasteiger partial charge in [-0.2, -0.15) is 0 Å². The minimum absolute atomic E-state index is 0.0833. The Morgan fingerprint density at radius 1 is 1.57 bits per heavy atom. The van der Waals surface area contributed by atoms with Crippen molar-refractivity contribution in [3.63, 3.8) is 0 Å². The molecular formula is C14H22N6O. The monoisotopic (exact) mass is 290 g/mol. The van der Waals surface area contributed by atoms with Gasteiger partial charge in [0.15, 0.2) is 11.1 Å². The van der Waals surface area contributed by atoms with Crippen LogP contribution in [0.2, 0.25) is 0 Å². The van der Waals surface area contributed by atoms with E-state index in [1.54, 1.807) is 17.2 Å². The molecule has 7 nitrogen and oxygen atoms in total. The topological polar surface area (TPSA) is 117 Å². The molecule has 1 aliphatic carbocycles. The van der Waals surface area contributed by atoms with Crippen molar-refractivity contribution in [2.24, 2.45) is 12.8 Å². The summed E-state index contributed by atoms with van der Waals surface area (Å²) < 4.78 is 1.77. The largest absolute Gasteiger partial charge is 0.402 e. The van der Waals surface area contributed by atoms with Gasteiger partial charge in [0.05, 0.1) is 19.3 Å². The van der Waals surface area contributed by atoms with Crippen molar-refractivity contribution in [2.75, 3.05) is 6.61 Å². The van der Waals surface area contributed by atoms with Gasteiger partial charge in [-0.15, -0.1) is 6.58 Å². The van der Waals surface area contributed by atoms with Crippen molar-refractivity contribution in [1.82, 2.24) is 19.5 Å². The molecule has 0 unspecified atom stereocenters. The van der Waals surface area contributed by atoms with Crippen molar-refractivity contribution >= 4 is 11.2 Å². The maximum atomic E-state index is 7.76. The number of aromatic nitrogens is 4. The van der Waals surface area contributed by atoms with E-state index in [1.165, 1.54) is 18.9 Å². The van der Waals surface area contributed by atoms with Crippen LogP contribution in [-0.4, -0.2) is 31.2 Å². The predicted octanol–water partition coefficient (Wildman–Crippen LogP) is 0.953. The molecule has 0 atom stereocenters. The number of aliphatic hydroxyl groups excluding tert-OH is 1. The molecule has 0 saturated carbocycles. The smallest absolute Gasteiger partial charge is 0.173 e. The number of aliphatic hydroxyl groups is 1. The third-order valence-electron chi connectivity index (χ3n) is 2.76. The van der Waals surface area contributed by atoms with E-state index < -0.39 is 0 Å². The standard InChI is InChI=1S/C6H7N5.C5H9N.C3H6O/c1-11-3-10-5(7)4-6(11)9-2-8-4;6-5-3-1-2-4-5;1-2-3-4/h2-3,7H,1H3,(H,8,9);3H,1-2,4,6H2;2,4H,1,3H2. The molecular weight excluding hydrogens is 268 g/mol. The molecule has 2 aromatic heterocycles. The molecule has 0 spiro atoms. The number of nitrogens with two attached hydrogens (primary N) is 1. The highest BCUT2D eigenvalue weighted by atomic mass is 16.2. The molecule has 1 aliphatic rings. The second-order valence-electron chi connectivity index (χ2n) is 4.45. The van der Waals surface area contributed by atoms with Crippen molar-refractivity contribution < 1.29 is 5.11 Å². The van der Waals surface area contributed by atoms with E-state index in [9.17, 15) is 0 Å². The van der Waals surface area contributed by atoms with Crippen molar-refractivity contribution in [3.05, 3.63) is 42.6 Å². The summed E-state index contributed by atoms with van der Waals surface area (Å²) >= 11 is 0. The lowest BCUT2D eigenvalue weighted by Gasteiger charge is -1.95. The molecule has 3 rings (SSSR count). The van der Waals surface area contributed by atoms with Crippen LogP contribution in [0.15, 0.2) is 37.1 Å². The third kappa shape index (κ3) is 5.23. The summed E-state index contributed by atoms with van der Waals surface area (Å²) in [5.41, 5.74) is 8.14. The number of H-pyrrole nitrogens is 1. The van der Waals surface area contributed by atoms with E-state index in [1.807, 2.05) is 7.05 Å². The van der Waals surface area contributed by atoms with Crippen LogP contribution in [0.3, 0.4) is 0 Å². The number of fused-ring (bicyclic) bond motifs is 1. The van der Waals surface area contributed by atoms with Crippen molar-refractivity contribution in [2.45, 2.75) is 19.3 Å². The third-order valence-corrected chi connectivity index (χ3v) is 2.76. The molecule has 114 valence electrons. The van der Waals surface area contributed by atoms with Gasteiger partial charge in [0, 0.05) is 12.7 Å². The van der Waals surface area contributed by atoms with Crippen LogP contribution in [0.4, 0.5) is 0 Å². The van der Waals surface area contributed by atoms with E-state index in [4.69, 9.17) is 16.2 Å². The predicted molar refractivity (Wildman–Crippen MR) is 82.1 cm³/mol. The number of nitrogens with one attached hydrogen (secondary N) is 2. The average molecular weight is 290 g/mol. The maximum absolute atomic E-state index is 7.76. The first-order valence-electron chi connectivity index (χ1n) is 6.65. The second-order valence-corrected chi connectivity index (χ2v) is 4.45. The molecule has 7 heteroatoms. The number of hydrogen-bond donors (Lipinski definition) is 4. The summed E-state index contributed by atoms with van der Waals surface area (Å²) in [6.07, 6.45) is 10.3. The van der Waals surface area contributed by atoms with Gasteiger partial charge in [-0.3, -0.25) is 5.41 Å². The SMILES string of the molecule is C=CCO.Cn1cnc(=N)c2[nH]cnc21.NC1=CCCC1. The van der Waals surface area contributed by atoms with E-state index in [0.29, 0.717) is 5.52 Å². The Bertz CT molecular complexity index is 655. The molecule has 5 N–H and O–H groups in total. The zero-order valence-electron chi connectivity index (χ0n) is 12.2. The molecule has 0 aliphatic heterocycles. The van der Waals surface area contributed by atoms with Gasteiger partial charge in [-0.1, -0.05) is 12.2 Å². The number of nitrogens with zero attached hydrogens (tertiary/aromatic N) is 3. The van der Waals surface area contributed by atoms with E-state index in [0.717, 1.165) is 17.8 Å². The highest BCUT2D eigenvalue weighted by Crippen LogP contribution is 2.11. The molecule has 0 bridgehead atoms. The van der Waals surface area contributed by atoms with Gasteiger partial charge >= 0.3 is 0 Å². The van der Waals surface area contributed by atoms with Gasteiger partial charge in [-0.25, -0.2) is 9.97 Å². The fourth-order valence-corrected chi connectivity index (χ4v) is 1.69. The van der Waals surface area contributed by atoms with Crippen LogP contribution in [0.1, 0.15) is 19.3 Å². The van der Waals surface area contributed by atoms with Crippen LogP contribution in [0.25, 0.3) is 11.2 Å². The van der Waals surface area contributed by atoms with Crippen molar-refractivity contribution in [1.29, 1.82) is 5.41 Å². The van der Waals surface area contributed by atoms with Gasteiger partial charge < -0.3 is 20.4 Å². The van der Waals surface area contributed by atoms with Crippen molar-refractivity contribution in [3.8, 4) is 0 Å². The Morgan fingerprint density at radius 3 is 2.71 bits per heavy atom. The lowest BCUT2D eigenvalue weighted by atomic mass is 10.3. The molecule has 0 saturated heterocycles. The zero-order chi connectivity index (χ0) is 15.7. The fraction of sp³-hybridized carbons (Fsp3) is 0.357. The highest BCUT2D eigenvalue weighted by molar-refractivity contribution is 5.67. The molecule has 2 aromatic rings. The van der Waals surface area contributed by atoms with Crippen LogP contribution in [0.5, 0.6) is 0 Å². The van der Waals surface area contributed by atoms with Crippen LogP contribution in [0, 0.1) is 5.41 Å². The molecule has 0 amide bonds.